The van der Waals surface area contributed by atoms with Gasteiger partial charge >= 0.3 is 5.97 Å². The molecule has 2 aromatic rings. The smallest absolute Gasteiger partial charge is 0.305 e. The number of hydrogen-bond acceptors (Lipinski definition) is 13. The number of unbranched alkanes of at least 4 members (excludes halogenated alkanes) is 1. The number of rotatable bonds is 12. The molecule has 2 aromatic carbocycles. The first kappa shape index (κ1) is 34.9. The van der Waals surface area contributed by atoms with Gasteiger partial charge in [0.1, 0.15) is 31.0 Å². The highest BCUT2D eigenvalue weighted by molar-refractivity contribution is 5.84. The van der Waals surface area contributed by atoms with E-state index in [0.717, 1.165) is 11.1 Å². The molecule has 1 aliphatic heterocycles. The predicted octanol–water partition coefficient (Wildman–Crippen LogP) is 0.755. The molecule has 4 rings (SSSR count). The number of amides is 1. The first-order chi connectivity index (χ1) is 22.0. The highest BCUT2D eigenvalue weighted by Crippen LogP contribution is 2.50. The lowest BCUT2D eigenvalue weighted by molar-refractivity contribution is -0.287. The van der Waals surface area contributed by atoms with Gasteiger partial charge in [-0.05, 0) is 60.6 Å². The van der Waals surface area contributed by atoms with Crippen LogP contribution in [-0.4, -0.2) is 98.1 Å². The van der Waals surface area contributed by atoms with Crippen LogP contribution in [0.3, 0.4) is 0 Å². The number of aryl methyl sites for hydroxylation is 1. The van der Waals surface area contributed by atoms with Crippen molar-refractivity contribution in [3.8, 4) is 34.1 Å². The van der Waals surface area contributed by atoms with E-state index in [1.165, 1.54) is 34.5 Å². The number of nitrogens with one attached hydrogen (secondary N) is 1. The van der Waals surface area contributed by atoms with E-state index in [1.807, 2.05) is 6.07 Å². The Morgan fingerprint density at radius 3 is 2.24 bits per heavy atom. The van der Waals surface area contributed by atoms with Crippen LogP contribution in [0.4, 0.5) is 0 Å². The third-order valence-electron chi connectivity index (χ3n) is 8.19. The molecule has 2 aliphatic rings. The van der Waals surface area contributed by atoms with E-state index in [1.54, 1.807) is 12.1 Å². The van der Waals surface area contributed by atoms with Crippen LogP contribution in [-0.2, 0) is 25.5 Å². The van der Waals surface area contributed by atoms with Crippen molar-refractivity contribution in [1.82, 2.24) is 5.32 Å². The summed E-state index contributed by atoms with van der Waals surface area (Å²) in [6.07, 6.45) is -6.07. The number of benzene rings is 1. The number of methoxy groups -OCH3 is 4. The van der Waals surface area contributed by atoms with Crippen LogP contribution in [0.25, 0.3) is 11.1 Å². The van der Waals surface area contributed by atoms with Crippen molar-refractivity contribution in [1.29, 1.82) is 0 Å². The maximum absolute atomic E-state index is 13.1. The fourth-order valence-electron chi connectivity index (χ4n) is 5.75. The molecule has 1 unspecified atom stereocenters. The van der Waals surface area contributed by atoms with Crippen molar-refractivity contribution in [3.05, 3.63) is 45.6 Å². The summed E-state index contributed by atoms with van der Waals surface area (Å²) in [5, 5.41) is 42.0. The van der Waals surface area contributed by atoms with Gasteiger partial charge in [0.25, 0.3) is 0 Å². The first-order valence-corrected chi connectivity index (χ1v) is 14.9. The molecule has 0 bridgehead atoms. The number of fused-ring (bicyclic) bond motifs is 3. The normalized spacial score (nSPS) is 23.7. The predicted molar refractivity (Wildman–Crippen MR) is 162 cm³/mol. The Morgan fingerprint density at radius 1 is 0.870 bits per heavy atom. The lowest BCUT2D eigenvalue weighted by Crippen LogP contribution is -2.58. The molecule has 46 heavy (non-hydrogen) atoms. The van der Waals surface area contributed by atoms with Gasteiger partial charge in [0, 0.05) is 18.4 Å². The van der Waals surface area contributed by atoms with Crippen molar-refractivity contribution in [2.24, 2.45) is 0 Å². The van der Waals surface area contributed by atoms with E-state index in [0.29, 0.717) is 54.1 Å². The Balaban J connectivity index is 1.43. The molecular weight excluding hydrogens is 606 g/mol. The van der Waals surface area contributed by atoms with Crippen LogP contribution >= 0.6 is 0 Å². The fourth-order valence-corrected chi connectivity index (χ4v) is 5.75. The second-order valence-electron chi connectivity index (χ2n) is 11.0. The minimum absolute atomic E-state index is 0.0238. The van der Waals surface area contributed by atoms with E-state index in [4.69, 9.17) is 28.4 Å². The summed E-state index contributed by atoms with van der Waals surface area (Å²) >= 11 is 0. The molecule has 0 spiro atoms. The van der Waals surface area contributed by atoms with Gasteiger partial charge in [-0.2, -0.15) is 0 Å². The van der Waals surface area contributed by atoms with Gasteiger partial charge in [0.15, 0.2) is 23.5 Å². The molecule has 0 aromatic heterocycles. The number of aliphatic hydroxyl groups is 4. The first-order valence-electron chi connectivity index (χ1n) is 14.9. The van der Waals surface area contributed by atoms with Crippen molar-refractivity contribution >= 4 is 11.9 Å². The highest BCUT2D eigenvalue weighted by atomic mass is 16.7. The Hall–Kier alpha value is -3.95. The third kappa shape index (κ3) is 7.53. The van der Waals surface area contributed by atoms with Gasteiger partial charge in [-0.1, -0.05) is 6.07 Å². The van der Waals surface area contributed by atoms with Crippen molar-refractivity contribution in [3.63, 3.8) is 0 Å². The van der Waals surface area contributed by atoms with Crippen LogP contribution in [0.15, 0.2) is 29.1 Å². The highest BCUT2D eigenvalue weighted by Gasteiger charge is 2.43. The number of carbonyl (C=O) groups is 2. The number of carbonyl (C=O) groups excluding carboxylic acids is 2. The molecule has 1 heterocycles. The third-order valence-corrected chi connectivity index (χ3v) is 8.19. The molecule has 5 N–H and O–H groups in total. The van der Waals surface area contributed by atoms with Crippen LogP contribution in [0.2, 0.25) is 0 Å². The molecule has 14 heteroatoms. The van der Waals surface area contributed by atoms with Gasteiger partial charge in [0.2, 0.25) is 17.1 Å². The molecule has 6 atom stereocenters. The van der Waals surface area contributed by atoms with Crippen LogP contribution < -0.4 is 29.7 Å². The molecule has 1 fully saturated rings. The minimum atomic E-state index is -1.73. The van der Waals surface area contributed by atoms with E-state index >= 15 is 0 Å². The SMILES string of the molecule is COc1cc2c(c(OC)c1OC)-c1ccc(OC)c(=O)cc1[C@@H](NC(=O)CCCCC(=O)OC[C@H]1OC(O)[C@@H](O)[C@@H](O)[C@@H]1O)CC2. The zero-order chi connectivity index (χ0) is 33.5. The summed E-state index contributed by atoms with van der Waals surface area (Å²) in [5.41, 5.74) is 2.50. The van der Waals surface area contributed by atoms with Gasteiger partial charge in [-0.25, -0.2) is 0 Å². The zero-order valence-corrected chi connectivity index (χ0v) is 26.2. The van der Waals surface area contributed by atoms with Crippen molar-refractivity contribution in [2.45, 2.75) is 75.3 Å². The summed E-state index contributed by atoms with van der Waals surface area (Å²) in [6.45, 7) is -0.433. The average molecular weight is 648 g/mol. The van der Waals surface area contributed by atoms with Crippen molar-refractivity contribution < 1.29 is 58.4 Å². The number of hydrogen-bond donors (Lipinski definition) is 5. The van der Waals surface area contributed by atoms with Crippen LogP contribution in [0.5, 0.6) is 23.0 Å². The van der Waals surface area contributed by atoms with Crippen LogP contribution in [0.1, 0.15) is 49.3 Å². The molecule has 252 valence electrons. The summed E-state index contributed by atoms with van der Waals surface area (Å²) in [5.74, 6) is 0.562. The Labute approximate surface area is 265 Å². The van der Waals surface area contributed by atoms with Crippen LogP contribution in [0, 0.1) is 0 Å². The van der Waals surface area contributed by atoms with E-state index in [2.05, 4.69) is 5.32 Å². The number of esters is 1. The van der Waals surface area contributed by atoms with Gasteiger partial charge in [-0.3, -0.25) is 14.4 Å². The van der Waals surface area contributed by atoms with E-state index in [9.17, 15) is 34.8 Å². The summed E-state index contributed by atoms with van der Waals surface area (Å²) < 4.78 is 32.3. The maximum Gasteiger partial charge on any atom is 0.305 e. The lowest BCUT2D eigenvalue weighted by Gasteiger charge is -2.37. The molecule has 1 aliphatic carbocycles. The summed E-state index contributed by atoms with van der Waals surface area (Å²) in [4.78, 5) is 38.4. The van der Waals surface area contributed by atoms with Crippen molar-refractivity contribution in [2.75, 3.05) is 35.0 Å². The fraction of sp³-hybridized carbons (Fsp3) is 0.531. The average Bonchev–Trinajstić information content (AvgIpc) is 3.30. The topological polar surface area (TPSA) is 200 Å². The van der Waals surface area contributed by atoms with E-state index < -0.39 is 49.3 Å². The quantitative estimate of drug-likeness (QED) is 0.160. The monoisotopic (exact) mass is 647 g/mol. The Kier molecular flexibility index (Phi) is 11.8. The Bertz CT molecular complexity index is 1460. The molecule has 0 saturated carbocycles. The standard InChI is InChI=1S/C32H41NO13/c1-41-21-12-10-17-18(14-20(21)34)19(11-9-16-13-22(42-2)30(43-3)31(44-4)26(16)17)33-24(35)7-5-6-8-25(36)45-15-23-27(37)28(38)29(39)32(40)46-23/h10,12-14,19,23,27-29,32,37-40H,5-9,11,15H2,1-4H3,(H,33,35)/t19-,23+,27+,28-,29-,32?/m0/s1. The van der Waals surface area contributed by atoms with Gasteiger partial charge in [0.05, 0.1) is 34.5 Å². The minimum Gasteiger partial charge on any atom is -0.493 e. The second-order valence-corrected chi connectivity index (χ2v) is 11.0. The number of aliphatic hydroxyl groups excluding tert-OH is 4. The second kappa shape index (κ2) is 15.6. The van der Waals surface area contributed by atoms with Gasteiger partial charge < -0.3 is 54.2 Å². The number of ether oxygens (including phenoxy) is 6. The largest absolute Gasteiger partial charge is 0.493 e. The summed E-state index contributed by atoms with van der Waals surface area (Å²) in [6, 6.07) is 6.14. The lowest BCUT2D eigenvalue weighted by atomic mass is 9.95. The zero-order valence-electron chi connectivity index (χ0n) is 26.2. The molecule has 1 saturated heterocycles. The molecule has 0 radical (unpaired) electrons. The van der Waals surface area contributed by atoms with Gasteiger partial charge in [-0.15, -0.1) is 0 Å². The van der Waals surface area contributed by atoms with E-state index in [-0.39, 0.29) is 29.9 Å². The Morgan fingerprint density at radius 2 is 1.57 bits per heavy atom. The molecule has 14 nitrogen and oxygen atoms in total. The maximum atomic E-state index is 13.1. The molecular formula is C32H41NO13. The molecule has 1 amide bonds. The summed E-state index contributed by atoms with van der Waals surface area (Å²) in [7, 11) is 5.97.